The number of fused-ring (bicyclic) bond motifs is 2. The van der Waals surface area contributed by atoms with Crippen LogP contribution in [0.3, 0.4) is 0 Å². The predicted molar refractivity (Wildman–Crippen MR) is 111 cm³/mol. The summed E-state index contributed by atoms with van der Waals surface area (Å²) in [7, 11) is 0. The lowest BCUT2D eigenvalue weighted by Crippen LogP contribution is -2.46. The number of hydrogen-bond acceptors (Lipinski definition) is 3. The van der Waals surface area contributed by atoms with Gasteiger partial charge in [-0.15, -0.1) is 0 Å². The molecule has 1 saturated heterocycles. The van der Waals surface area contributed by atoms with Crippen LogP contribution >= 0.6 is 0 Å². The minimum absolute atomic E-state index is 0.0229. The van der Waals surface area contributed by atoms with E-state index in [1.165, 1.54) is 12.8 Å². The van der Waals surface area contributed by atoms with Crippen molar-refractivity contribution in [1.82, 2.24) is 5.32 Å². The summed E-state index contributed by atoms with van der Waals surface area (Å²) in [6.07, 6.45) is 5.41. The van der Waals surface area contributed by atoms with Crippen molar-refractivity contribution in [2.45, 2.75) is 58.9 Å². The third-order valence-corrected chi connectivity index (χ3v) is 8.42. The number of nitrogens with one attached hydrogen (secondary N) is 1. The number of rotatable bonds is 4. The second-order valence-electron chi connectivity index (χ2n) is 9.87. The van der Waals surface area contributed by atoms with Gasteiger partial charge in [0.05, 0.1) is 5.92 Å². The molecule has 2 amide bonds. The summed E-state index contributed by atoms with van der Waals surface area (Å²) in [6, 6.07) is 8.04. The molecule has 152 valence electrons. The standard InChI is InChI=1S/C23H33N3O2/c1-22(2)17-10-11-23(22,3)19(13-17)25-21(28)15-6-8-18(9-7-15)26-12-4-5-16(14-26)20(24)27/h6-9,16-17,19H,4-5,10-14H2,1-3H3,(H2,24,27)(H,25,28). The SMILES string of the molecule is CC1(C)C2CCC1(C)C(NC(=O)c1ccc(N3CCCC(C(N)=O)C3)cc1)C2. The summed E-state index contributed by atoms with van der Waals surface area (Å²) < 4.78 is 0. The van der Waals surface area contributed by atoms with Gasteiger partial charge in [-0.3, -0.25) is 9.59 Å². The van der Waals surface area contributed by atoms with Crippen LogP contribution in [0.2, 0.25) is 0 Å². The molecule has 1 heterocycles. The van der Waals surface area contributed by atoms with Crippen LogP contribution in [0.4, 0.5) is 5.69 Å². The van der Waals surface area contributed by atoms with Crippen molar-refractivity contribution in [3.05, 3.63) is 29.8 Å². The fraction of sp³-hybridized carbons (Fsp3) is 0.652. The fourth-order valence-electron chi connectivity index (χ4n) is 5.93. The molecule has 3 aliphatic rings. The number of carbonyl (C=O) groups is 2. The number of anilines is 1. The summed E-state index contributed by atoms with van der Waals surface area (Å²) >= 11 is 0. The van der Waals surface area contributed by atoms with Gasteiger partial charge in [-0.25, -0.2) is 0 Å². The fourth-order valence-corrected chi connectivity index (χ4v) is 5.93. The van der Waals surface area contributed by atoms with E-state index >= 15 is 0 Å². The maximum absolute atomic E-state index is 12.9. The smallest absolute Gasteiger partial charge is 0.251 e. The topological polar surface area (TPSA) is 75.4 Å². The first-order valence-corrected chi connectivity index (χ1v) is 10.7. The molecular weight excluding hydrogens is 350 g/mol. The second-order valence-corrected chi connectivity index (χ2v) is 9.87. The molecule has 3 fully saturated rings. The van der Waals surface area contributed by atoms with Gasteiger partial charge < -0.3 is 16.0 Å². The van der Waals surface area contributed by atoms with Crippen LogP contribution in [0.25, 0.3) is 0 Å². The van der Waals surface area contributed by atoms with Crippen LogP contribution < -0.4 is 16.0 Å². The first kappa shape index (κ1) is 19.3. The summed E-state index contributed by atoms with van der Waals surface area (Å²) in [5.74, 6) is 0.429. The van der Waals surface area contributed by atoms with Crippen LogP contribution in [-0.4, -0.2) is 30.9 Å². The Kier molecular flexibility index (Phi) is 4.67. The molecular formula is C23H33N3O2. The van der Waals surface area contributed by atoms with Crippen molar-refractivity contribution in [1.29, 1.82) is 0 Å². The molecule has 2 saturated carbocycles. The monoisotopic (exact) mass is 383 g/mol. The van der Waals surface area contributed by atoms with E-state index in [0.717, 1.165) is 31.5 Å². The molecule has 1 aromatic rings. The predicted octanol–water partition coefficient (Wildman–Crippen LogP) is 3.33. The van der Waals surface area contributed by atoms with Crippen molar-refractivity contribution in [2.75, 3.05) is 18.0 Å². The summed E-state index contributed by atoms with van der Waals surface area (Å²) in [5.41, 5.74) is 7.72. The van der Waals surface area contributed by atoms with Gasteiger partial charge >= 0.3 is 0 Å². The van der Waals surface area contributed by atoms with Gasteiger partial charge in [-0.05, 0) is 73.1 Å². The molecule has 4 atom stereocenters. The minimum atomic E-state index is -0.219. The van der Waals surface area contributed by atoms with Gasteiger partial charge in [0.1, 0.15) is 0 Å². The highest BCUT2D eigenvalue weighted by molar-refractivity contribution is 5.94. The van der Waals surface area contributed by atoms with Crippen LogP contribution in [-0.2, 0) is 4.79 Å². The Hall–Kier alpha value is -2.04. The van der Waals surface area contributed by atoms with Crippen LogP contribution in [0, 0.1) is 22.7 Å². The maximum atomic E-state index is 12.9. The Bertz CT molecular complexity index is 773. The van der Waals surface area contributed by atoms with Crippen molar-refractivity contribution < 1.29 is 9.59 Å². The molecule has 4 rings (SSSR count). The summed E-state index contributed by atoms with van der Waals surface area (Å²) in [6.45, 7) is 8.66. The van der Waals surface area contributed by atoms with Crippen molar-refractivity contribution in [3.8, 4) is 0 Å². The first-order chi connectivity index (χ1) is 13.2. The zero-order chi connectivity index (χ0) is 20.1. The number of primary amides is 1. The van der Waals surface area contributed by atoms with E-state index in [9.17, 15) is 9.59 Å². The van der Waals surface area contributed by atoms with Crippen LogP contribution in [0.15, 0.2) is 24.3 Å². The number of nitrogens with zero attached hydrogens (tertiary/aromatic N) is 1. The summed E-state index contributed by atoms with van der Waals surface area (Å²) in [4.78, 5) is 26.6. The van der Waals surface area contributed by atoms with E-state index < -0.39 is 0 Å². The van der Waals surface area contributed by atoms with E-state index in [1.807, 2.05) is 24.3 Å². The van der Waals surface area contributed by atoms with E-state index in [-0.39, 0.29) is 29.2 Å². The third-order valence-electron chi connectivity index (χ3n) is 8.42. The third kappa shape index (κ3) is 2.99. The van der Waals surface area contributed by atoms with Crippen molar-refractivity contribution in [2.24, 2.45) is 28.4 Å². The lowest BCUT2D eigenvalue weighted by atomic mass is 9.69. The van der Waals surface area contributed by atoms with Gasteiger partial charge in [0, 0.05) is 30.4 Å². The zero-order valence-electron chi connectivity index (χ0n) is 17.3. The molecule has 1 aromatic carbocycles. The lowest BCUT2D eigenvalue weighted by Gasteiger charge is -2.39. The van der Waals surface area contributed by atoms with Gasteiger partial charge in [0.25, 0.3) is 5.91 Å². The quantitative estimate of drug-likeness (QED) is 0.837. The highest BCUT2D eigenvalue weighted by Gasteiger charge is 2.61. The molecule has 3 N–H and O–H groups in total. The number of carbonyl (C=O) groups excluding carboxylic acids is 2. The van der Waals surface area contributed by atoms with Crippen LogP contribution in [0.1, 0.15) is 63.2 Å². The number of nitrogens with two attached hydrogens (primary N) is 1. The van der Waals surface area contributed by atoms with E-state index in [0.29, 0.717) is 23.4 Å². The van der Waals surface area contributed by atoms with Gasteiger partial charge in [0.2, 0.25) is 5.91 Å². The Labute approximate surface area is 168 Å². The Morgan fingerprint density at radius 3 is 2.43 bits per heavy atom. The highest BCUT2D eigenvalue weighted by Crippen LogP contribution is 2.65. The van der Waals surface area contributed by atoms with Gasteiger partial charge in [0.15, 0.2) is 0 Å². The Morgan fingerprint density at radius 1 is 1.14 bits per heavy atom. The molecule has 2 aliphatic carbocycles. The van der Waals surface area contributed by atoms with Crippen LogP contribution in [0.5, 0.6) is 0 Å². The van der Waals surface area contributed by atoms with E-state index in [1.54, 1.807) is 0 Å². The maximum Gasteiger partial charge on any atom is 0.251 e. The number of benzene rings is 1. The van der Waals surface area contributed by atoms with E-state index in [4.69, 9.17) is 5.73 Å². The van der Waals surface area contributed by atoms with Gasteiger partial charge in [-0.1, -0.05) is 20.8 Å². The number of piperidine rings is 1. The molecule has 1 aliphatic heterocycles. The molecule has 5 nitrogen and oxygen atoms in total. The molecule has 4 unspecified atom stereocenters. The molecule has 0 aromatic heterocycles. The summed E-state index contributed by atoms with van der Waals surface area (Å²) in [5, 5.41) is 3.33. The lowest BCUT2D eigenvalue weighted by molar-refractivity contribution is -0.122. The molecule has 0 spiro atoms. The number of hydrogen-bond donors (Lipinski definition) is 2. The minimum Gasteiger partial charge on any atom is -0.371 e. The average Bonchev–Trinajstić information content (AvgIpc) is 3.01. The zero-order valence-corrected chi connectivity index (χ0v) is 17.3. The second kappa shape index (κ2) is 6.78. The highest BCUT2D eigenvalue weighted by atomic mass is 16.2. The van der Waals surface area contributed by atoms with Gasteiger partial charge in [-0.2, -0.15) is 0 Å². The molecule has 28 heavy (non-hydrogen) atoms. The largest absolute Gasteiger partial charge is 0.371 e. The normalized spacial score (nSPS) is 33.7. The Morgan fingerprint density at radius 2 is 1.86 bits per heavy atom. The van der Waals surface area contributed by atoms with E-state index in [2.05, 4.69) is 31.0 Å². The first-order valence-electron chi connectivity index (χ1n) is 10.7. The average molecular weight is 384 g/mol. The number of amides is 2. The van der Waals surface area contributed by atoms with Crippen molar-refractivity contribution in [3.63, 3.8) is 0 Å². The Balaban J connectivity index is 1.42. The molecule has 2 bridgehead atoms. The molecule has 0 radical (unpaired) electrons. The molecule has 5 heteroatoms. The van der Waals surface area contributed by atoms with Crippen molar-refractivity contribution >= 4 is 17.5 Å².